The van der Waals surface area contributed by atoms with Crippen LogP contribution in [0.25, 0.3) is 0 Å². The summed E-state index contributed by atoms with van der Waals surface area (Å²) in [5.41, 5.74) is 3.77. The van der Waals surface area contributed by atoms with Crippen molar-refractivity contribution in [2.75, 3.05) is 0 Å². The lowest BCUT2D eigenvalue weighted by molar-refractivity contribution is -0.384. The van der Waals surface area contributed by atoms with E-state index in [1.165, 1.54) is 11.1 Å². The molecule has 0 saturated carbocycles. The average molecular weight is 268 g/mol. The number of rotatable bonds is 4. The fourth-order valence-corrected chi connectivity index (χ4v) is 2.72. The number of nitro benzene ring substituents is 1. The third-order valence-electron chi connectivity index (χ3n) is 3.77. The van der Waals surface area contributed by atoms with Gasteiger partial charge in [-0.15, -0.1) is 0 Å². The number of benzene rings is 2. The fraction of sp³-hybridized carbons (Fsp3) is 0.250. The van der Waals surface area contributed by atoms with Gasteiger partial charge in [-0.1, -0.05) is 36.4 Å². The summed E-state index contributed by atoms with van der Waals surface area (Å²) in [5.74, 6) is 0. The highest BCUT2D eigenvalue weighted by Gasteiger charge is 2.22. The molecule has 0 bridgehead atoms. The SMILES string of the molecule is O=[N+]([O-])c1ccc2c(c1)CC(NCc1ccccc1)C2. The highest BCUT2D eigenvalue weighted by Crippen LogP contribution is 2.26. The van der Waals surface area contributed by atoms with Crippen LogP contribution in [0.2, 0.25) is 0 Å². The van der Waals surface area contributed by atoms with Gasteiger partial charge in [-0.3, -0.25) is 10.1 Å². The molecule has 0 radical (unpaired) electrons. The highest BCUT2D eigenvalue weighted by molar-refractivity contribution is 5.43. The Balaban J connectivity index is 1.64. The number of fused-ring (bicyclic) bond motifs is 1. The summed E-state index contributed by atoms with van der Waals surface area (Å²) >= 11 is 0. The second-order valence-corrected chi connectivity index (χ2v) is 5.18. The van der Waals surface area contributed by atoms with Crippen molar-refractivity contribution in [3.63, 3.8) is 0 Å². The normalized spacial score (nSPS) is 16.9. The first-order valence-corrected chi connectivity index (χ1v) is 6.76. The Morgan fingerprint density at radius 3 is 2.60 bits per heavy atom. The fourth-order valence-electron chi connectivity index (χ4n) is 2.72. The Bertz CT molecular complexity index is 626. The van der Waals surface area contributed by atoms with Crippen LogP contribution in [0.4, 0.5) is 5.69 Å². The molecule has 0 spiro atoms. The van der Waals surface area contributed by atoms with E-state index in [0.29, 0.717) is 6.04 Å². The van der Waals surface area contributed by atoms with Crippen LogP contribution in [0, 0.1) is 10.1 Å². The lowest BCUT2D eigenvalue weighted by Gasteiger charge is -2.11. The van der Waals surface area contributed by atoms with Crippen molar-refractivity contribution in [2.45, 2.75) is 25.4 Å². The van der Waals surface area contributed by atoms with Gasteiger partial charge in [0, 0.05) is 24.7 Å². The lowest BCUT2D eigenvalue weighted by atomic mass is 10.1. The van der Waals surface area contributed by atoms with Crippen LogP contribution >= 0.6 is 0 Å². The Morgan fingerprint density at radius 2 is 1.85 bits per heavy atom. The standard InChI is InChI=1S/C16H16N2O2/c19-18(20)16-7-6-13-8-15(9-14(13)10-16)17-11-12-4-2-1-3-5-12/h1-7,10,15,17H,8-9,11H2. The van der Waals surface area contributed by atoms with Gasteiger partial charge < -0.3 is 5.32 Å². The van der Waals surface area contributed by atoms with E-state index >= 15 is 0 Å². The molecule has 2 aromatic rings. The monoisotopic (exact) mass is 268 g/mol. The van der Waals surface area contributed by atoms with E-state index < -0.39 is 0 Å². The third kappa shape index (κ3) is 2.70. The highest BCUT2D eigenvalue weighted by atomic mass is 16.6. The minimum Gasteiger partial charge on any atom is -0.309 e. The molecule has 1 aliphatic carbocycles. The largest absolute Gasteiger partial charge is 0.309 e. The van der Waals surface area contributed by atoms with Crippen molar-refractivity contribution in [2.24, 2.45) is 0 Å². The number of hydrogen-bond donors (Lipinski definition) is 1. The third-order valence-corrected chi connectivity index (χ3v) is 3.77. The molecule has 1 atom stereocenters. The molecule has 0 aliphatic heterocycles. The minimum absolute atomic E-state index is 0.187. The molecular formula is C16H16N2O2. The molecular weight excluding hydrogens is 252 g/mol. The van der Waals surface area contributed by atoms with Crippen LogP contribution in [0.1, 0.15) is 16.7 Å². The van der Waals surface area contributed by atoms with Gasteiger partial charge in [0.05, 0.1) is 4.92 Å². The summed E-state index contributed by atoms with van der Waals surface area (Å²) in [6.45, 7) is 0.835. The van der Waals surface area contributed by atoms with Crippen molar-refractivity contribution in [3.8, 4) is 0 Å². The summed E-state index contributed by atoms with van der Waals surface area (Å²) in [6.07, 6.45) is 1.81. The van der Waals surface area contributed by atoms with Gasteiger partial charge in [0.2, 0.25) is 0 Å². The topological polar surface area (TPSA) is 55.2 Å². The molecule has 4 heteroatoms. The van der Waals surface area contributed by atoms with E-state index in [2.05, 4.69) is 17.4 Å². The van der Waals surface area contributed by atoms with Gasteiger partial charge in [0.25, 0.3) is 5.69 Å². The van der Waals surface area contributed by atoms with Crippen molar-refractivity contribution in [1.82, 2.24) is 5.32 Å². The summed E-state index contributed by atoms with van der Waals surface area (Å²) in [6, 6.07) is 15.8. The molecule has 0 heterocycles. The Hall–Kier alpha value is -2.20. The van der Waals surface area contributed by atoms with Gasteiger partial charge in [0.1, 0.15) is 0 Å². The smallest absolute Gasteiger partial charge is 0.269 e. The van der Waals surface area contributed by atoms with Gasteiger partial charge >= 0.3 is 0 Å². The maximum atomic E-state index is 10.8. The molecule has 1 unspecified atom stereocenters. The van der Waals surface area contributed by atoms with E-state index in [9.17, 15) is 10.1 Å². The Labute approximate surface area is 117 Å². The molecule has 3 rings (SSSR count). The number of hydrogen-bond acceptors (Lipinski definition) is 3. The zero-order valence-electron chi connectivity index (χ0n) is 11.1. The Kier molecular flexibility index (Phi) is 3.48. The molecule has 1 aliphatic rings. The van der Waals surface area contributed by atoms with Crippen molar-refractivity contribution in [3.05, 3.63) is 75.3 Å². The molecule has 0 aromatic heterocycles. The van der Waals surface area contributed by atoms with Crippen LogP contribution in [-0.2, 0) is 19.4 Å². The minimum atomic E-state index is -0.328. The number of nitrogens with zero attached hydrogens (tertiary/aromatic N) is 1. The maximum Gasteiger partial charge on any atom is 0.269 e. The second kappa shape index (κ2) is 5.43. The summed E-state index contributed by atoms with van der Waals surface area (Å²) in [4.78, 5) is 10.5. The molecule has 0 fully saturated rings. The summed E-state index contributed by atoms with van der Waals surface area (Å²) < 4.78 is 0. The number of non-ortho nitro benzene ring substituents is 1. The van der Waals surface area contributed by atoms with E-state index in [-0.39, 0.29) is 10.6 Å². The zero-order valence-corrected chi connectivity index (χ0v) is 11.1. The van der Waals surface area contributed by atoms with E-state index in [4.69, 9.17) is 0 Å². The number of nitrogens with one attached hydrogen (secondary N) is 1. The van der Waals surface area contributed by atoms with Gasteiger partial charge in [-0.25, -0.2) is 0 Å². The van der Waals surface area contributed by atoms with Crippen molar-refractivity contribution < 1.29 is 4.92 Å². The predicted molar refractivity (Wildman–Crippen MR) is 77.6 cm³/mol. The van der Waals surface area contributed by atoms with E-state index in [1.807, 2.05) is 24.3 Å². The van der Waals surface area contributed by atoms with Crippen LogP contribution in [0.15, 0.2) is 48.5 Å². The molecule has 1 N–H and O–H groups in total. The quantitative estimate of drug-likeness (QED) is 0.685. The summed E-state index contributed by atoms with van der Waals surface area (Å²) in [5, 5.41) is 14.3. The summed E-state index contributed by atoms with van der Waals surface area (Å²) in [7, 11) is 0. The van der Waals surface area contributed by atoms with Gasteiger partial charge in [0.15, 0.2) is 0 Å². The predicted octanol–water partition coefficient (Wildman–Crippen LogP) is 2.85. The van der Waals surface area contributed by atoms with E-state index in [0.717, 1.165) is 24.9 Å². The first kappa shape index (κ1) is 12.8. The first-order valence-electron chi connectivity index (χ1n) is 6.76. The van der Waals surface area contributed by atoms with Crippen LogP contribution in [0.3, 0.4) is 0 Å². The molecule has 20 heavy (non-hydrogen) atoms. The Morgan fingerprint density at radius 1 is 1.10 bits per heavy atom. The number of nitro groups is 1. The lowest BCUT2D eigenvalue weighted by Crippen LogP contribution is -2.28. The molecule has 102 valence electrons. The molecule has 0 amide bonds. The van der Waals surface area contributed by atoms with Gasteiger partial charge in [-0.05, 0) is 29.5 Å². The van der Waals surface area contributed by atoms with Crippen molar-refractivity contribution >= 4 is 5.69 Å². The van der Waals surface area contributed by atoms with Crippen LogP contribution in [-0.4, -0.2) is 11.0 Å². The van der Waals surface area contributed by atoms with E-state index in [1.54, 1.807) is 12.1 Å². The maximum absolute atomic E-state index is 10.8. The molecule has 2 aromatic carbocycles. The first-order chi connectivity index (χ1) is 9.72. The zero-order chi connectivity index (χ0) is 13.9. The molecule has 0 saturated heterocycles. The van der Waals surface area contributed by atoms with Crippen LogP contribution in [0.5, 0.6) is 0 Å². The average Bonchev–Trinajstić information content (AvgIpc) is 2.88. The molecule has 4 nitrogen and oxygen atoms in total. The second-order valence-electron chi connectivity index (χ2n) is 5.18. The van der Waals surface area contributed by atoms with Crippen LogP contribution < -0.4 is 5.32 Å². The van der Waals surface area contributed by atoms with Gasteiger partial charge in [-0.2, -0.15) is 0 Å². The van der Waals surface area contributed by atoms with Crippen molar-refractivity contribution in [1.29, 1.82) is 0 Å².